The predicted molar refractivity (Wildman–Crippen MR) is 71.0 cm³/mol. The first-order valence-corrected chi connectivity index (χ1v) is 7.10. The van der Waals surface area contributed by atoms with Gasteiger partial charge in [0, 0.05) is 33.1 Å². The number of ether oxygens (including phenoxy) is 3. The average Bonchev–Trinajstić information content (AvgIpc) is 2.30. The molecule has 0 aromatic heterocycles. The Bertz CT molecular complexity index is 139. The second kappa shape index (κ2) is 14.2. The molecule has 0 saturated heterocycles. The van der Waals surface area contributed by atoms with Gasteiger partial charge >= 0.3 is 0 Å². The van der Waals surface area contributed by atoms with Gasteiger partial charge in [0.2, 0.25) is 0 Å². The number of rotatable bonds is 12. The minimum absolute atomic E-state index is 0. The van der Waals surface area contributed by atoms with Crippen molar-refractivity contribution in [3.63, 3.8) is 0 Å². The zero-order valence-corrected chi connectivity index (χ0v) is 15.0. The topological polar surface area (TPSA) is 27.7 Å². The van der Waals surface area contributed by atoms with Gasteiger partial charge in [0.1, 0.15) is 0 Å². The summed E-state index contributed by atoms with van der Waals surface area (Å²) >= 11 is 0. The number of hydrogen-bond acceptors (Lipinski definition) is 3. The summed E-state index contributed by atoms with van der Waals surface area (Å²) < 4.78 is 17.2. The maximum atomic E-state index is 5.72. The normalized spacial score (nSPS) is 11.3. The van der Waals surface area contributed by atoms with Crippen LogP contribution in [0.4, 0.5) is 0 Å². The molecule has 0 aliphatic heterocycles. The molecular formula is C14H30O3Zr. The summed E-state index contributed by atoms with van der Waals surface area (Å²) in [7, 11) is 0. The van der Waals surface area contributed by atoms with E-state index in [1.807, 2.05) is 6.92 Å². The molecule has 108 valence electrons. The third kappa shape index (κ3) is 11.8. The SMILES string of the molecule is CCCCOC(C)(OCCCC)OCCCC.[Zr]. The minimum Gasteiger partial charge on any atom is -0.328 e. The Hall–Kier alpha value is 0.763. The maximum Gasteiger partial charge on any atom is 0.279 e. The van der Waals surface area contributed by atoms with Crippen LogP contribution in [0.3, 0.4) is 0 Å². The molecule has 0 aromatic carbocycles. The van der Waals surface area contributed by atoms with Gasteiger partial charge in [-0.1, -0.05) is 40.0 Å². The van der Waals surface area contributed by atoms with Crippen LogP contribution < -0.4 is 0 Å². The summed E-state index contributed by atoms with van der Waals surface area (Å²) in [6.07, 6.45) is 6.51. The Morgan fingerprint density at radius 3 is 1.17 bits per heavy atom. The first-order valence-electron chi connectivity index (χ1n) is 7.10. The van der Waals surface area contributed by atoms with Gasteiger partial charge in [-0.3, -0.25) is 0 Å². The van der Waals surface area contributed by atoms with Crippen LogP contribution >= 0.6 is 0 Å². The van der Waals surface area contributed by atoms with Gasteiger partial charge in [-0.15, -0.1) is 0 Å². The van der Waals surface area contributed by atoms with Crippen LogP contribution in [-0.2, 0) is 40.4 Å². The van der Waals surface area contributed by atoms with Gasteiger partial charge in [0.05, 0.1) is 19.8 Å². The Labute approximate surface area is 132 Å². The van der Waals surface area contributed by atoms with Crippen LogP contribution in [0, 0.1) is 0 Å². The molecule has 0 unspecified atom stereocenters. The molecule has 0 fully saturated rings. The molecule has 0 heterocycles. The molecular weight excluding hydrogens is 307 g/mol. The van der Waals surface area contributed by atoms with Crippen molar-refractivity contribution < 1.29 is 40.4 Å². The van der Waals surface area contributed by atoms with Crippen LogP contribution in [0.15, 0.2) is 0 Å². The van der Waals surface area contributed by atoms with Crippen LogP contribution in [0.5, 0.6) is 0 Å². The fraction of sp³-hybridized carbons (Fsp3) is 1.00. The molecule has 0 aromatic rings. The molecule has 18 heavy (non-hydrogen) atoms. The molecule has 0 saturated carbocycles. The smallest absolute Gasteiger partial charge is 0.279 e. The fourth-order valence-corrected chi connectivity index (χ4v) is 1.33. The largest absolute Gasteiger partial charge is 0.328 e. The molecule has 0 aliphatic rings. The molecule has 0 N–H and O–H groups in total. The van der Waals surface area contributed by atoms with Crippen molar-refractivity contribution in [3.05, 3.63) is 0 Å². The minimum atomic E-state index is -0.848. The van der Waals surface area contributed by atoms with Gasteiger partial charge in [0.25, 0.3) is 5.97 Å². The maximum absolute atomic E-state index is 5.72. The molecule has 0 bridgehead atoms. The summed E-state index contributed by atoms with van der Waals surface area (Å²) in [4.78, 5) is 0. The van der Waals surface area contributed by atoms with E-state index in [-0.39, 0.29) is 26.2 Å². The molecule has 0 amide bonds. The van der Waals surface area contributed by atoms with E-state index >= 15 is 0 Å². The summed E-state index contributed by atoms with van der Waals surface area (Å²) in [5.74, 6) is -0.848. The van der Waals surface area contributed by atoms with Crippen molar-refractivity contribution in [2.24, 2.45) is 0 Å². The van der Waals surface area contributed by atoms with E-state index in [4.69, 9.17) is 14.2 Å². The molecule has 0 rings (SSSR count). The Morgan fingerprint density at radius 1 is 0.667 bits per heavy atom. The van der Waals surface area contributed by atoms with Gasteiger partial charge < -0.3 is 14.2 Å². The van der Waals surface area contributed by atoms with E-state index < -0.39 is 5.97 Å². The van der Waals surface area contributed by atoms with E-state index in [1.54, 1.807) is 0 Å². The van der Waals surface area contributed by atoms with Gasteiger partial charge in [-0.2, -0.15) is 0 Å². The molecule has 0 atom stereocenters. The standard InChI is InChI=1S/C14H30O3.Zr/c1-5-8-11-15-14(4,16-12-9-6-2)17-13-10-7-3;/h5-13H2,1-4H3;. The number of hydrogen-bond donors (Lipinski definition) is 0. The molecule has 0 aliphatic carbocycles. The third-order valence-corrected chi connectivity index (χ3v) is 2.59. The fourth-order valence-electron chi connectivity index (χ4n) is 1.33. The van der Waals surface area contributed by atoms with Crippen LogP contribution in [0.25, 0.3) is 0 Å². The third-order valence-electron chi connectivity index (χ3n) is 2.59. The second-order valence-corrected chi connectivity index (χ2v) is 4.47. The summed E-state index contributed by atoms with van der Waals surface area (Å²) in [5, 5.41) is 0. The van der Waals surface area contributed by atoms with Gasteiger partial charge in [0.15, 0.2) is 0 Å². The van der Waals surface area contributed by atoms with E-state index in [0.717, 1.165) is 38.5 Å². The summed E-state index contributed by atoms with van der Waals surface area (Å²) in [5.41, 5.74) is 0. The zero-order valence-electron chi connectivity index (χ0n) is 12.6. The average molecular weight is 338 g/mol. The van der Waals surface area contributed by atoms with Crippen LogP contribution in [-0.4, -0.2) is 25.8 Å². The quantitative estimate of drug-likeness (QED) is 0.396. The predicted octanol–water partition coefficient (Wildman–Crippen LogP) is 4.11. The first kappa shape index (κ1) is 21.1. The van der Waals surface area contributed by atoms with Crippen molar-refractivity contribution in [3.8, 4) is 0 Å². The molecule has 0 spiro atoms. The Balaban J connectivity index is 0. The second-order valence-electron chi connectivity index (χ2n) is 4.47. The van der Waals surface area contributed by atoms with E-state index in [9.17, 15) is 0 Å². The Kier molecular flexibility index (Phi) is 16.6. The first-order chi connectivity index (χ1) is 8.18. The van der Waals surface area contributed by atoms with Crippen molar-refractivity contribution in [1.82, 2.24) is 0 Å². The van der Waals surface area contributed by atoms with Crippen molar-refractivity contribution in [2.45, 2.75) is 72.2 Å². The van der Waals surface area contributed by atoms with Gasteiger partial charge in [-0.25, -0.2) is 0 Å². The van der Waals surface area contributed by atoms with E-state index in [0.29, 0.717) is 19.8 Å². The molecule has 4 heteroatoms. The van der Waals surface area contributed by atoms with Crippen LogP contribution in [0.1, 0.15) is 66.2 Å². The van der Waals surface area contributed by atoms with Crippen molar-refractivity contribution >= 4 is 0 Å². The van der Waals surface area contributed by atoms with Crippen LogP contribution in [0.2, 0.25) is 0 Å². The monoisotopic (exact) mass is 336 g/mol. The summed E-state index contributed by atoms with van der Waals surface area (Å²) in [6, 6.07) is 0. The molecule has 3 nitrogen and oxygen atoms in total. The van der Waals surface area contributed by atoms with Crippen molar-refractivity contribution in [1.29, 1.82) is 0 Å². The zero-order chi connectivity index (χ0) is 13.0. The molecule has 0 radical (unpaired) electrons. The number of unbranched alkanes of at least 4 members (excludes halogenated alkanes) is 3. The van der Waals surface area contributed by atoms with E-state index in [1.165, 1.54) is 0 Å². The van der Waals surface area contributed by atoms with Gasteiger partial charge in [-0.05, 0) is 19.3 Å². The summed E-state index contributed by atoms with van der Waals surface area (Å²) in [6.45, 7) is 10.4. The Morgan fingerprint density at radius 2 is 0.944 bits per heavy atom. The van der Waals surface area contributed by atoms with E-state index in [2.05, 4.69) is 20.8 Å². The van der Waals surface area contributed by atoms with Crippen molar-refractivity contribution in [2.75, 3.05) is 19.8 Å².